The quantitative estimate of drug-likeness (QED) is 0.660. The summed E-state index contributed by atoms with van der Waals surface area (Å²) in [7, 11) is 3.46. The highest BCUT2D eigenvalue weighted by Gasteiger charge is 2.26. The van der Waals surface area contributed by atoms with Crippen LogP contribution in [0.2, 0.25) is 0 Å². The van der Waals surface area contributed by atoms with Crippen molar-refractivity contribution in [2.24, 2.45) is 0 Å². The third kappa shape index (κ3) is 3.35. The van der Waals surface area contributed by atoms with Gasteiger partial charge in [-0.05, 0) is 30.3 Å². The molecule has 6 nitrogen and oxygen atoms in total. The molecule has 0 saturated carbocycles. The fourth-order valence-corrected chi connectivity index (χ4v) is 3.22. The van der Waals surface area contributed by atoms with Crippen molar-refractivity contribution in [2.75, 3.05) is 14.1 Å². The molecule has 1 amide bonds. The first kappa shape index (κ1) is 16.3. The highest BCUT2D eigenvalue weighted by molar-refractivity contribution is 8.00. The molecule has 7 heteroatoms. The highest BCUT2D eigenvalue weighted by atomic mass is 32.2. The van der Waals surface area contributed by atoms with Gasteiger partial charge in [0.25, 0.3) is 11.1 Å². The molecule has 0 fully saturated rings. The van der Waals surface area contributed by atoms with E-state index in [2.05, 4.69) is 10.2 Å². The van der Waals surface area contributed by atoms with Crippen molar-refractivity contribution in [1.82, 2.24) is 15.1 Å². The van der Waals surface area contributed by atoms with Gasteiger partial charge in [0.05, 0.1) is 11.8 Å². The second kappa shape index (κ2) is 6.92. The molecule has 0 bridgehead atoms. The minimum absolute atomic E-state index is 0.0366. The molecule has 0 radical (unpaired) electrons. The molecular formula is C17H17N3O3S. The van der Waals surface area contributed by atoms with E-state index in [1.54, 1.807) is 31.3 Å². The average molecular weight is 343 g/mol. The van der Waals surface area contributed by atoms with E-state index in [0.29, 0.717) is 16.9 Å². The molecule has 0 aliphatic heterocycles. The van der Waals surface area contributed by atoms with E-state index < -0.39 is 5.25 Å². The van der Waals surface area contributed by atoms with Gasteiger partial charge >= 0.3 is 0 Å². The first-order valence-corrected chi connectivity index (χ1v) is 8.25. The molecule has 0 N–H and O–H groups in total. The summed E-state index contributed by atoms with van der Waals surface area (Å²) < 4.78 is 11.0. The molecule has 24 heavy (non-hydrogen) atoms. The monoisotopic (exact) mass is 343 g/mol. The molecule has 0 aliphatic rings. The number of aromatic nitrogens is 2. The molecule has 124 valence electrons. The van der Waals surface area contributed by atoms with Gasteiger partial charge < -0.3 is 13.7 Å². The van der Waals surface area contributed by atoms with Crippen LogP contribution in [0.1, 0.15) is 16.6 Å². The largest absolute Gasteiger partial charge is 0.469 e. The van der Waals surface area contributed by atoms with Crippen LogP contribution in [-0.2, 0) is 4.79 Å². The lowest BCUT2D eigenvalue weighted by Gasteiger charge is -2.18. The van der Waals surface area contributed by atoms with E-state index in [4.69, 9.17) is 8.83 Å². The second-order valence-corrected chi connectivity index (χ2v) is 6.46. The molecular weight excluding hydrogens is 326 g/mol. The van der Waals surface area contributed by atoms with Crippen molar-refractivity contribution in [3.05, 3.63) is 54.0 Å². The summed E-state index contributed by atoms with van der Waals surface area (Å²) in [4.78, 5) is 14.1. The second-order valence-electron chi connectivity index (χ2n) is 5.40. The number of aryl methyl sites for hydroxylation is 1. The first-order valence-electron chi connectivity index (χ1n) is 7.37. The van der Waals surface area contributed by atoms with Gasteiger partial charge in [0.1, 0.15) is 11.0 Å². The number of hydrogen-bond acceptors (Lipinski definition) is 6. The van der Waals surface area contributed by atoms with E-state index in [-0.39, 0.29) is 5.91 Å². The maximum atomic E-state index is 12.5. The van der Waals surface area contributed by atoms with Crippen molar-refractivity contribution >= 4 is 17.7 Å². The number of hydrogen-bond donors (Lipinski definition) is 0. The van der Waals surface area contributed by atoms with Crippen LogP contribution >= 0.6 is 11.8 Å². The molecule has 1 atom stereocenters. The van der Waals surface area contributed by atoms with Crippen molar-refractivity contribution in [3.8, 4) is 11.5 Å². The predicted octanol–water partition coefficient (Wildman–Crippen LogP) is 3.56. The van der Waals surface area contributed by atoms with Crippen molar-refractivity contribution in [3.63, 3.8) is 0 Å². The van der Waals surface area contributed by atoms with Crippen LogP contribution in [-0.4, -0.2) is 35.1 Å². The molecule has 0 unspecified atom stereocenters. The van der Waals surface area contributed by atoms with Gasteiger partial charge in [0.15, 0.2) is 0 Å². The minimum Gasteiger partial charge on any atom is -0.469 e. The Kier molecular flexibility index (Phi) is 4.71. The van der Waals surface area contributed by atoms with Gasteiger partial charge in [-0.3, -0.25) is 4.79 Å². The van der Waals surface area contributed by atoms with Crippen LogP contribution in [0.15, 0.2) is 56.7 Å². The van der Waals surface area contributed by atoms with Crippen LogP contribution in [0, 0.1) is 6.92 Å². The van der Waals surface area contributed by atoms with E-state index in [1.165, 1.54) is 11.8 Å². The topological polar surface area (TPSA) is 72.4 Å². The Balaban J connectivity index is 1.87. The highest BCUT2D eigenvalue weighted by Crippen LogP contribution is 2.37. The summed E-state index contributed by atoms with van der Waals surface area (Å²) in [6, 6.07) is 11.3. The van der Waals surface area contributed by atoms with Crippen molar-refractivity contribution < 1.29 is 13.6 Å². The zero-order valence-corrected chi connectivity index (χ0v) is 14.4. The fourth-order valence-electron chi connectivity index (χ4n) is 2.20. The third-order valence-corrected chi connectivity index (χ3v) is 4.56. The lowest BCUT2D eigenvalue weighted by Crippen LogP contribution is -2.26. The van der Waals surface area contributed by atoms with Gasteiger partial charge in [0.2, 0.25) is 5.91 Å². The Morgan fingerprint density at radius 2 is 1.92 bits per heavy atom. The van der Waals surface area contributed by atoms with Gasteiger partial charge in [-0.2, -0.15) is 0 Å². The Morgan fingerprint density at radius 1 is 1.17 bits per heavy atom. The van der Waals surface area contributed by atoms with Gasteiger partial charge in [-0.15, -0.1) is 10.2 Å². The molecule has 0 aliphatic carbocycles. The van der Waals surface area contributed by atoms with E-state index in [0.717, 1.165) is 11.1 Å². The predicted molar refractivity (Wildman–Crippen MR) is 90.5 cm³/mol. The molecule has 2 aromatic heterocycles. The smallest absolute Gasteiger partial charge is 0.277 e. The summed E-state index contributed by atoms with van der Waals surface area (Å²) >= 11 is 1.24. The number of furan rings is 1. The zero-order chi connectivity index (χ0) is 17.1. The molecule has 3 aromatic rings. The number of nitrogens with zero attached hydrogens (tertiary/aromatic N) is 3. The Labute approximate surface area is 143 Å². The first-order chi connectivity index (χ1) is 11.6. The third-order valence-electron chi connectivity index (χ3n) is 3.48. The summed E-state index contributed by atoms with van der Waals surface area (Å²) in [6.45, 7) is 1.83. The number of carbonyl (C=O) groups is 1. The fraction of sp³-hybridized carbons (Fsp3) is 0.235. The maximum Gasteiger partial charge on any atom is 0.277 e. The van der Waals surface area contributed by atoms with Crippen molar-refractivity contribution in [1.29, 1.82) is 0 Å². The van der Waals surface area contributed by atoms with Crippen LogP contribution in [0.3, 0.4) is 0 Å². The van der Waals surface area contributed by atoms with Crippen LogP contribution in [0.5, 0.6) is 0 Å². The molecule has 2 heterocycles. The molecule has 1 aromatic carbocycles. The van der Waals surface area contributed by atoms with Crippen LogP contribution in [0.25, 0.3) is 11.5 Å². The minimum atomic E-state index is -0.444. The number of amides is 1. The number of benzene rings is 1. The van der Waals surface area contributed by atoms with E-state index >= 15 is 0 Å². The summed E-state index contributed by atoms with van der Waals surface area (Å²) in [5.41, 5.74) is 1.64. The standard InChI is InChI=1S/C17H17N3O3S/c1-11-13(9-10-22-11)15-18-19-17(23-15)24-14(16(21)20(2)3)12-7-5-4-6-8-12/h4-10,14H,1-3H3/t14-/m0/s1. The SMILES string of the molecule is Cc1occc1-c1nnc(S[C@H](C(=O)N(C)C)c2ccccc2)o1. The maximum absolute atomic E-state index is 12.5. The Bertz CT molecular complexity index is 826. The Hall–Kier alpha value is -2.54. The van der Waals surface area contributed by atoms with Gasteiger partial charge in [0, 0.05) is 14.1 Å². The van der Waals surface area contributed by atoms with Crippen molar-refractivity contribution in [2.45, 2.75) is 17.4 Å². The average Bonchev–Trinajstić information content (AvgIpc) is 3.21. The summed E-state index contributed by atoms with van der Waals surface area (Å²) in [5, 5.41) is 8.00. The zero-order valence-electron chi connectivity index (χ0n) is 13.6. The lowest BCUT2D eigenvalue weighted by molar-refractivity contribution is -0.128. The molecule has 0 saturated heterocycles. The number of likely N-dealkylation sites (N-methyl/N-ethyl adjacent to an activating group) is 1. The van der Waals surface area contributed by atoms with Crippen LogP contribution in [0.4, 0.5) is 0 Å². The Morgan fingerprint density at radius 3 is 2.54 bits per heavy atom. The number of rotatable bonds is 5. The molecule has 0 spiro atoms. The number of thioether (sulfide) groups is 1. The summed E-state index contributed by atoms with van der Waals surface area (Å²) in [5.74, 6) is 1.05. The lowest BCUT2D eigenvalue weighted by atomic mass is 10.1. The van der Waals surface area contributed by atoms with E-state index in [9.17, 15) is 4.79 Å². The van der Waals surface area contributed by atoms with Gasteiger partial charge in [-0.1, -0.05) is 30.3 Å². The molecule has 3 rings (SSSR count). The number of carbonyl (C=O) groups excluding carboxylic acids is 1. The van der Waals surface area contributed by atoms with E-state index in [1.807, 2.05) is 37.3 Å². The van der Waals surface area contributed by atoms with Crippen LogP contribution < -0.4 is 0 Å². The van der Waals surface area contributed by atoms with Gasteiger partial charge in [-0.25, -0.2) is 0 Å². The summed E-state index contributed by atoms with van der Waals surface area (Å²) in [6.07, 6.45) is 1.57. The normalized spacial score (nSPS) is 12.1.